The zero-order chi connectivity index (χ0) is 16.1. The van der Waals surface area contributed by atoms with Crippen LogP contribution in [0.3, 0.4) is 0 Å². The van der Waals surface area contributed by atoms with Gasteiger partial charge in [-0.25, -0.2) is 0 Å². The number of carbonyl (C=O) groups excluding carboxylic acids is 1. The molecule has 1 saturated carbocycles. The first-order valence-electron chi connectivity index (χ1n) is 7.62. The third-order valence-electron chi connectivity index (χ3n) is 3.83. The SMILES string of the molecule is CC(C)NC(=O)[C@H]1CCC[C@@H](Nc2ccncc2[N+](=O)[O-])C1. The van der Waals surface area contributed by atoms with Crippen molar-refractivity contribution in [2.24, 2.45) is 5.92 Å². The number of hydrogen-bond donors (Lipinski definition) is 2. The van der Waals surface area contributed by atoms with E-state index in [0.717, 1.165) is 19.3 Å². The highest BCUT2D eigenvalue weighted by atomic mass is 16.6. The zero-order valence-corrected chi connectivity index (χ0v) is 12.9. The van der Waals surface area contributed by atoms with Gasteiger partial charge in [0.1, 0.15) is 11.9 Å². The molecule has 1 aromatic rings. The van der Waals surface area contributed by atoms with E-state index < -0.39 is 4.92 Å². The van der Waals surface area contributed by atoms with E-state index >= 15 is 0 Å². The van der Waals surface area contributed by atoms with Crippen molar-refractivity contribution >= 4 is 17.3 Å². The Labute approximate surface area is 129 Å². The van der Waals surface area contributed by atoms with Crippen molar-refractivity contribution < 1.29 is 9.72 Å². The first-order chi connectivity index (χ1) is 10.5. The Morgan fingerprint density at radius 1 is 1.45 bits per heavy atom. The maximum Gasteiger partial charge on any atom is 0.310 e. The number of nitro groups is 1. The number of hydrogen-bond acceptors (Lipinski definition) is 5. The molecule has 120 valence electrons. The molecule has 0 aromatic carbocycles. The number of aromatic nitrogens is 1. The molecule has 2 N–H and O–H groups in total. The molecule has 1 amide bonds. The minimum absolute atomic E-state index is 0.0312. The number of amides is 1. The second kappa shape index (κ2) is 7.20. The van der Waals surface area contributed by atoms with Crippen molar-refractivity contribution in [1.82, 2.24) is 10.3 Å². The average Bonchev–Trinajstić information content (AvgIpc) is 2.47. The van der Waals surface area contributed by atoms with Gasteiger partial charge in [-0.2, -0.15) is 0 Å². The van der Waals surface area contributed by atoms with E-state index in [1.54, 1.807) is 6.07 Å². The first kappa shape index (κ1) is 16.2. The molecule has 22 heavy (non-hydrogen) atoms. The Balaban J connectivity index is 2.02. The van der Waals surface area contributed by atoms with Crippen molar-refractivity contribution in [1.29, 1.82) is 0 Å². The number of pyridine rings is 1. The largest absolute Gasteiger partial charge is 0.377 e. The Morgan fingerprint density at radius 3 is 2.91 bits per heavy atom. The molecule has 7 heteroatoms. The van der Waals surface area contributed by atoms with Crippen LogP contribution in [0.1, 0.15) is 39.5 Å². The fourth-order valence-corrected chi connectivity index (χ4v) is 2.83. The van der Waals surface area contributed by atoms with Crippen LogP contribution in [0.25, 0.3) is 0 Å². The van der Waals surface area contributed by atoms with Gasteiger partial charge in [0.05, 0.1) is 4.92 Å². The molecule has 0 unspecified atom stereocenters. The molecule has 7 nitrogen and oxygen atoms in total. The van der Waals surface area contributed by atoms with Gasteiger partial charge in [-0.05, 0) is 39.2 Å². The molecule has 0 radical (unpaired) electrons. The number of rotatable bonds is 5. The molecule has 1 fully saturated rings. The lowest BCUT2D eigenvalue weighted by atomic mass is 9.85. The molecule has 1 aliphatic carbocycles. The monoisotopic (exact) mass is 306 g/mol. The second-order valence-corrected chi connectivity index (χ2v) is 6.02. The summed E-state index contributed by atoms with van der Waals surface area (Å²) in [5.74, 6) is 0.0419. The molecule has 2 rings (SSSR count). The van der Waals surface area contributed by atoms with E-state index in [-0.39, 0.29) is 29.6 Å². The van der Waals surface area contributed by atoms with E-state index in [1.807, 2.05) is 13.8 Å². The van der Waals surface area contributed by atoms with Crippen molar-refractivity contribution in [2.75, 3.05) is 5.32 Å². The third-order valence-corrected chi connectivity index (χ3v) is 3.83. The summed E-state index contributed by atoms with van der Waals surface area (Å²) in [5.41, 5.74) is 0.436. The van der Waals surface area contributed by atoms with Crippen LogP contribution < -0.4 is 10.6 Å². The maximum atomic E-state index is 12.1. The summed E-state index contributed by atoms with van der Waals surface area (Å²) >= 11 is 0. The lowest BCUT2D eigenvalue weighted by molar-refractivity contribution is -0.384. The number of anilines is 1. The van der Waals surface area contributed by atoms with Crippen LogP contribution in [-0.2, 0) is 4.79 Å². The summed E-state index contributed by atoms with van der Waals surface area (Å²) in [6, 6.07) is 1.80. The quantitative estimate of drug-likeness (QED) is 0.643. The Bertz CT molecular complexity index is 547. The highest BCUT2D eigenvalue weighted by Crippen LogP contribution is 2.30. The lowest BCUT2D eigenvalue weighted by Crippen LogP contribution is -2.40. The normalized spacial score (nSPS) is 21.4. The van der Waals surface area contributed by atoms with Crippen LogP contribution in [0.2, 0.25) is 0 Å². The van der Waals surface area contributed by atoms with Crippen LogP contribution in [-0.4, -0.2) is 27.9 Å². The molecule has 0 aliphatic heterocycles. The van der Waals surface area contributed by atoms with Crippen molar-refractivity contribution in [2.45, 2.75) is 51.6 Å². The average molecular weight is 306 g/mol. The van der Waals surface area contributed by atoms with E-state index in [0.29, 0.717) is 12.1 Å². The van der Waals surface area contributed by atoms with Gasteiger partial charge < -0.3 is 10.6 Å². The van der Waals surface area contributed by atoms with Gasteiger partial charge in [-0.1, -0.05) is 6.42 Å². The van der Waals surface area contributed by atoms with Crippen LogP contribution in [0.5, 0.6) is 0 Å². The maximum absolute atomic E-state index is 12.1. The number of nitrogens with one attached hydrogen (secondary N) is 2. The summed E-state index contributed by atoms with van der Waals surface area (Å²) in [7, 11) is 0. The lowest BCUT2D eigenvalue weighted by Gasteiger charge is -2.30. The second-order valence-electron chi connectivity index (χ2n) is 6.02. The third kappa shape index (κ3) is 4.16. The molecular formula is C15H22N4O3. The van der Waals surface area contributed by atoms with Gasteiger partial charge in [0, 0.05) is 24.2 Å². The molecule has 1 aromatic heterocycles. The van der Waals surface area contributed by atoms with E-state index in [1.165, 1.54) is 12.4 Å². The summed E-state index contributed by atoms with van der Waals surface area (Å²) in [6.45, 7) is 3.88. The predicted octanol–water partition coefficient (Wildman–Crippen LogP) is 2.49. The van der Waals surface area contributed by atoms with Crippen molar-refractivity contribution in [3.05, 3.63) is 28.6 Å². The van der Waals surface area contributed by atoms with Crippen molar-refractivity contribution in [3.63, 3.8) is 0 Å². The molecule has 1 heterocycles. The van der Waals surface area contributed by atoms with E-state index in [4.69, 9.17) is 0 Å². The highest BCUT2D eigenvalue weighted by molar-refractivity contribution is 5.79. The topological polar surface area (TPSA) is 97.2 Å². The van der Waals surface area contributed by atoms with Crippen LogP contribution in [0.15, 0.2) is 18.5 Å². The minimum atomic E-state index is -0.443. The van der Waals surface area contributed by atoms with Crippen LogP contribution in [0, 0.1) is 16.0 Å². The van der Waals surface area contributed by atoms with Gasteiger partial charge in [0.15, 0.2) is 0 Å². The van der Waals surface area contributed by atoms with Gasteiger partial charge in [-0.3, -0.25) is 19.9 Å². The first-order valence-corrected chi connectivity index (χ1v) is 7.62. The van der Waals surface area contributed by atoms with Gasteiger partial charge >= 0.3 is 5.69 Å². The summed E-state index contributed by atoms with van der Waals surface area (Å²) < 4.78 is 0. The summed E-state index contributed by atoms with van der Waals surface area (Å²) in [6.07, 6.45) is 6.18. The smallest absolute Gasteiger partial charge is 0.310 e. The molecule has 0 bridgehead atoms. The Hall–Kier alpha value is -2.18. The van der Waals surface area contributed by atoms with Crippen molar-refractivity contribution in [3.8, 4) is 0 Å². The molecule has 0 spiro atoms. The molecule has 0 saturated heterocycles. The predicted molar refractivity (Wildman–Crippen MR) is 83.5 cm³/mol. The molecule has 2 atom stereocenters. The highest BCUT2D eigenvalue weighted by Gasteiger charge is 2.28. The van der Waals surface area contributed by atoms with Gasteiger partial charge in [-0.15, -0.1) is 0 Å². The standard InChI is InChI=1S/C15H22N4O3/c1-10(2)17-15(20)11-4-3-5-12(8-11)18-13-6-7-16-9-14(13)19(21)22/h6-7,9-12H,3-5,8H2,1-2H3,(H,16,18)(H,17,20)/t11-,12+/m0/s1. The Kier molecular flexibility index (Phi) is 5.30. The summed E-state index contributed by atoms with van der Waals surface area (Å²) in [5, 5.41) is 17.2. The van der Waals surface area contributed by atoms with Crippen LogP contribution >= 0.6 is 0 Å². The van der Waals surface area contributed by atoms with Gasteiger partial charge in [0.2, 0.25) is 5.91 Å². The number of carbonyl (C=O) groups is 1. The molecule has 1 aliphatic rings. The zero-order valence-electron chi connectivity index (χ0n) is 12.9. The van der Waals surface area contributed by atoms with E-state index in [9.17, 15) is 14.9 Å². The Morgan fingerprint density at radius 2 is 2.23 bits per heavy atom. The summed E-state index contributed by atoms with van der Waals surface area (Å²) in [4.78, 5) is 26.5. The fraction of sp³-hybridized carbons (Fsp3) is 0.600. The number of nitrogens with zero attached hydrogens (tertiary/aromatic N) is 2. The molecular weight excluding hydrogens is 284 g/mol. The van der Waals surface area contributed by atoms with Crippen LogP contribution in [0.4, 0.5) is 11.4 Å². The minimum Gasteiger partial charge on any atom is -0.377 e. The van der Waals surface area contributed by atoms with E-state index in [2.05, 4.69) is 15.6 Å². The fourth-order valence-electron chi connectivity index (χ4n) is 2.83. The van der Waals surface area contributed by atoms with Gasteiger partial charge in [0.25, 0.3) is 0 Å².